The van der Waals surface area contributed by atoms with E-state index in [-0.39, 0.29) is 0 Å². The minimum Gasteiger partial charge on any atom is -0.493 e. The van der Waals surface area contributed by atoms with Gasteiger partial charge in [0.2, 0.25) is 0 Å². The molecule has 1 N–H and O–H groups in total. The smallest absolute Gasteiger partial charge is 0.162 e. The zero-order valence-electron chi connectivity index (χ0n) is 15.6. The number of benzene rings is 2. The average molecular weight is 385 g/mol. The lowest BCUT2D eigenvalue weighted by molar-refractivity contribution is 0.208. The normalized spacial score (nSPS) is 17.8. The Kier molecular flexibility index (Phi) is 5.40. The van der Waals surface area contributed by atoms with E-state index in [2.05, 4.69) is 37.2 Å². The molecule has 6 nitrogen and oxygen atoms in total. The van der Waals surface area contributed by atoms with Crippen molar-refractivity contribution in [1.29, 1.82) is 0 Å². The monoisotopic (exact) mass is 384 g/mol. The van der Waals surface area contributed by atoms with Crippen molar-refractivity contribution < 1.29 is 9.47 Å². The summed E-state index contributed by atoms with van der Waals surface area (Å²) in [6.45, 7) is 3.08. The molecule has 0 radical (unpaired) electrons. The van der Waals surface area contributed by atoms with Crippen molar-refractivity contribution in [3.63, 3.8) is 0 Å². The van der Waals surface area contributed by atoms with Crippen LogP contribution in [0.3, 0.4) is 0 Å². The van der Waals surface area contributed by atoms with Crippen LogP contribution in [0, 0.1) is 0 Å². The highest BCUT2D eigenvalue weighted by atomic mass is 32.1. The molecule has 4 rings (SSSR count). The van der Waals surface area contributed by atoms with Crippen LogP contribution in [0.15, 0.2) is 36.4 Å². The summed E-state index contributed by atoms with van der Waals surface area (Å²) in [6.07, 6.45) is 2.35. The third kappa shape index (κ3) is 4.14. The predicted octanol–water partition coefficient (Wildman–Crippen LogP) is 3.79. The zero-order valence-corrected chi connectivity index (χ0v) is 16.5. The maximum Gasteiger partial charge on any atom is 0.162 e. The van der Waals surface area contributed by atoms with Gasteiger partial charge in [0, 0.05) is 30.9 Å². The molecule has 142 valence electrons. The highest BCUT2D eigenvalue weighted by Gasteiger charge is 2.20. The molecule has 0 amide bonds. The number of anilines is 1. The van der Waals surface area contributed by atoms with Gasteiger partial charge < -0.3 is 14.8 Å². The van der Waals surface area contributed by atoms with E-state index in [1.165, 1.54) is 30.1 Å². The molecule has 1 aromatic heterocycles. The second-order valence-electron chi connectivity index (χ2n) is 6.88. The largest absolute Gasteiger partial charge is 0.493 e. The van der Waals surface area contributed by atoms with E-state index in [0.29, 0.717) is 6.04 Å². The lowest BCUT2D eigenvalue weighted by Gasteiger charge is -2.33. The van der Waals surface area contributed by atoms with Crippen molar-refractivity contribution >= 4 is 28.4 Å². The molecular weight excluding hydrogens is 360 g/mol. The van der Waals surface area contributed by atoms with Gasteiger partial charge in [0.05, 0.1) is 25.9 Å². The summed E-state index contributed by atoms with van der Waals surface area (Å²) in [7, 11) is 3.32. The quantitative estimate of drug-likeness (QED) is 0.698. The van der Waals surface area contributed by atoms with Crippen molar-refractivity contribution in [3.05, 3.63) is 42.0 Å². The van der Waals surface area contributed by atoms with Crippen molar-refractivity contribution in [2.75, 3.05) is 32.6 Å². The maximum absolute atomic E-state index is 5.41. The Balaban J connectivity index is 1.40. The Bertz CT molecular complexity index is 914. The number of likely N-dealkylation sites (tertiary alicyclic amines) is 1. The van der Waals surface area contributed by atoms with Gasteiger partial charge in [-0.3, -0.25) is 4.90 Å². The molecule has 1 atom stereocenters. The van der Waals surface area contributed by atoms with E-state index < -0.39 is 0 Å². The number of nitrogens with zero attached hydrogens (tertiary/aromatic N) is 3. The zero-order chi connectivity index (χ0) is 18.6. The maximum atomic E-state index is 5.41. The first-order valence-electron chi connectivity index (χ1n) is 9.17. The highest BCUT2D eigenvalue weighted by Crippen LogP contribution is 2.30. The molecule has 0 spiro atoms. The molecule has 3 aromatic rings. The third-order valence-electron chi connectivity index (χ3n) is 4.98. The first kappa shape index (κ1) is 18.0. The Morgan fingerprint density at radius 1 is 1.07 bits per heavy atom. The Labute approximate surface area is 163 Å². The van der Waals surface area contributed by atoms with Crippen LogP contribution in [0.4, 0.5) is 5.69 Å². The molecule has 2 heterocycles. The summed E-state index contributed by atoms with van der Waals surface area (Å²) in [4.78, 5) is 2.50. The van der Waals surface area contributed by atoms with E-state index >= 15 is 0 Å². The first-order chi connectivity index (χ1) is 13.2. The molecule has 0 saturated carbocycles. The van der Waals surface area contributed by atoms with Gasteiger partial charge in [-0.15, -0.1) is 0 Å². The first-order valence-corrected chi connectivity index (χ1v) is 9.90. The molecule has 1 unspecified atom stereocenters. The average Bonchev–Trinajstić information content (AvgIpc) is 3.16. The van der Waals surface area contributed by atoms with Gasteiger partial charge in [-0.25, -0.2) is 0 Å². The highest BCUT2D eigenvalue weighted by molar-refractivity contribution is 7.00. The number of fused-ring (bicyclic) bond motifs is 1. The van der Waals surface area contributed by atoms with Gasteiger partial charge in [0.15, 0.2) is 11.5 Å². The lowest BCUT2D eigenvalue weighted by atomic mass is 10.0. The van der Waals surface area contributed by atoms with Gasteiger partial charge in [0.25, 0.3) is 0 Å². The molecule has 2 aromatic carbocycles. The molecule has 7 heteroatoms. The second kappa shape index (κ2) is 8.10. The van der Waals surface area contributed by atoms with Crippen LogP contribution in [-0.2, 0) is 6.54 Å². The van der Waals surface area contributed by atoms with E-state index in [1.807, 2.05) is 18.2 Å². The Hall–Kier alpha value is -2.38. The number of methoxy groups -OCH3 is 2. The minimum atomic E-state index is 0.418. The second-order valence-corrected chi connectivity index (χ2v) is 7.40. The van der Waals surface area contributed by atoms with Crippen LogP contribution in [0.1, 0.15) is 18.4 Å². The number of ether oxygens (including phenoxy) is 2. The summed E-state index contributed by atoms with van der Waals surface area (Å²) in [5, 5.41) is 3.65. The SMILES string of the molecule is COc1ccc(NC2CCCN(Cc3ccc4nsnc4c3)C2)cc1OC. The summed E-state index contributed by atoms with van der Waals surface area (Å²) in [5.41, 5.74) is 4.33. The van der Waals surface area contributed by atoms with E-state index in [9.17, 15) is 0 Å². The number of rotatable bonds is 6. The molecule has 1 saturated heterocycles. The van der Waals surface area contributed by atoms with Crippen LogP contribution in [-0.4, -0.2) is 47.0 Å². The Morgan fingerprint density at radius 2 is 1.93 bits per heavy atom. The number of hydrogen-bond donors (Lipinski definition) is 1. The van der Waals surface area contributed by atoms with Crippen molar-refractivity contribution in [2.45, 2.75) is 25.4 Å². The van der Waals surface area contributed by atoms with Gasteiger partial charge in [-0.05, 0) is 49.2 Å². The predicted molar refractivity (Wildman–Crippen MR) is 109 cm³/mol. The van der Waals surface area contributed by atoms with Gasteiger partial charge >= 0.3 is 0 Å². The number of aromatic nitrogens is 2. The van der Waals surface area contributed by atoms with E-state index in [0.717, 1.165) is 47.9 Å². The number of piperidine rings is 1. The Morgan fingerprint density at radius 3 is 2.78 bits per heavy atom. The van der Waals surface area contributed by atoms with Gasteiger partial charge in [-0.1, -0.05) is 6.07 Å². The fourth-order valence-electron chi connectivity index (χ4n) is 3.66. The fourth-order valence-corrected chi connectivity index (χ4v) is 4.18. The molecule has 1 fully saturated rings. The van der Waals surface area contributed by atoms with Crippen LogP contribution >= 0.6 is 11.7 Å². The minimum absolute atomic E-state index is 0.418. The standard InChI is InChI=1S/C20H24N4O2S/c1-25-19-8-6-15(11-20(19)26-2)21-16-4-3-9-24(13-16)12-14-5-7-17-18(10-14)23-27-22-17/h5-8,10-11,16,21H,3-4,9,12-13H2,1-2H3. The van der Waals surface area contributed by atoms with Gasteiger partial charge in [-0.2, -0.15) is 8.75 Å². The molecule has 0 aliphatic carbocycles. The summed E-state index contributed by atoms with van der Waals surface area (Å²) in [5.74, 6) is 1.50. The third-order valence-corrected chi connectivity index (χ3v) is 5.54. The summed E-state index contributed by atoms with van der Waals surface area (Å²) >= 11 is 1.27. The molecular formula is C20H24N4O2S. The van der Waals surface area contributed by atoms with Crippen molar-refractivity contribution in [2.24, 2.45) is 0 Å². The topological polar surface area (TPSA) is 59.5 Å². The number of hydrogen-bond acceptors (Lipinski definition) is 7. The molecule has 1 aliphatic rings. The molecule has 27 heavy (non-hydrogen) atoms. The molecule has 0 bridgehead atoms. The molecule has 1 aliphatic heterocycles. The lowest BCUT2D eigenvalue weighted by Crippen LogP contribution is -2.41. The van der Waals surface area contributed by atoms with Crippen LogP contribution in [0.25, 0.3) is 11.0 Å². The van der Waals surface area contributed by atoms with Crippen molar-refractivity contribution in [1.82, 2.24) is 13.6 Å². The van der Waals surface area contributed by atoms with Crippen LogP contribution in [0.5, 0.6) is 11.5 Å². The van der Waals surface area contributed by atoms with Gasteiger partial charge in [0.1, 0.15) is 11.0 Å². The van der Waals surface area contributed by atoms with Crippen LogP contribution < -0.4 is 14.8 Å². The van der Waals surface area contributed by atoms with E-state index in [4.69, 9.17) is 9.47 Å². The van der Waals surface area contributed by atoms with Crippen molar-refractivity contribution in [3.8, 4) is 11.5 Å². The fraction of sp³-hybridized carbons (Fsp3) is 0.400. The van der Waals surface area contributed by atoms with Crippen LogP contribution in [0.2, 0.25) is 0 Å². The number of nitrogens with one attached hydrogen (secondary N) is 1. The summed E-state index contributed by atoms with van der Waals surface area (Å²) in [6, 6.07) is 12.8. The van der Waals surface area contributed by atoms with E-state index in [1.54, 1.807) is 14.2 Å². The summed E-state index contributed by atoms with van der Waals surface area (Å²) < 4.78 is 19.4.